The van der Waals surface area contributed by atoms with Crippen LogP contribution in [-0.4, -0.2) is 29.2 Å². The Kier molecular flexibility index (Phi) is 8.42. The van der Waals surface area contributed by atoms with Crippen LogP contribution in [0, 0.1) is 6.92 Å². The molecule has 7 heteroatoms. The van der Waals surface area contributed by atoms with E-state index in [9.17, 15) is 9.90 Å². The van der Waals surface area contributed by atoms with Crippen molar-refractivity contribution in [2.45, 2.75) is 13.3 Å². The molecular weight excluding hydrogens is 534 g/mol. The number of hydrogen-bond donors (Lipinski definition) is 2. The average molecular weight is 562 g/mol. The molecule has 5 rings (SSSR count). The zero-order chi connectivity index (χ0) is 28.8. The maximum Gasteiger partial charge on any atom is 0.160 e. The van der Waals surface area contributed by atoms with Gasteiger partial charge in [0.05, 0.1) is 18.3 Å². The largest absolute Gasteiger partial charge is 0.507 e. The fraction of sp³-hybridized carbons (Fsp3) is 0.0882. The molecule has 2 N–H and O–H groups in total. The minimum Gasteiger partial charge on any atom is -0.507 e. The summed E-state index contributed by atoms with van der Waals surface area (Å²) in [6.07, 6.45) is 6.98. The number of rotatable bonds is 9. The molecule has 6 nitrogen and oxygen atoms in total. The molecule has 1 aromatic heterocycles. The maximum absolute atomic E-state index is 12.5. The molecule has 0 saturated carbocycles. The monoisotopic (exact) mass is 561 g/mol. The van der Waals surface area contributed by atoms with Gasteiger partial charge in [0.25, 0.3) is 0 Å². The zero-order valence-electron chi connectivity index (χ0n) is 22.6. The molecule has 1 heterocycles. The number of fused-ring (bicyclic) bond motifs is 1. The van der Waals surface area contributed by atoms with E-state index in [1.54, 1.807) is 37.7 Å². The molecule has 0 atom stereocenters. The molecule has 0 radical (unpaired) electrons. The Morgan fingerprint density at radius 3 is 2.56 bits per heavy atom. The van der Waals surface area contributed by atoms with Gasteiger partial charge in [-0.15, -0.1) is 0 Å². The van der Waals surface area contributed by atoms with Crippen LogP contribution >= 0.6 is 11.6 Å². The lowest BCUT2D eigenvalue weighted by atomic mass is 10.0. The Bertz CT molecular complexity index is 1760. The van der Waals surface area contributed by atoms with Crippen LogP contribution in [-0.2, 0) is 11.2 Å². The van der Waals surface area contributed by atoms with Crippen LogP contribution in [0.15, 0.2) is 102 Å². The van der Waals surface area contributed by atoms with Crippen molar-refractivity contribution < 1.29 is 14.6 Å². The summed E-state index contributed by atoms with van der Waals surface area (Å²) in [5.74, 6) is 0.884. The summed E-state index contributed by atoms with van der Waals surface area (Å²) in [5.41, 5.74) is 6.35. The number of phenols is 1. The number of methoxy groups -OCH3 is 1. The number of hydrogen-bond acceptors (Lipinski definition) is 6. The van der Waals surface area contributed by atoms with Gasteiger partial charge >= 0.3 is 0 Å². The lowest BCUT2D eigenvalue weighted by Crippen LogP contribution is -1.98. The third-order valence-electron chi connectivity index (χ3n) is 6.56. The van der Waals surface area contributed by atoms with Gasteiger partial charge in [0, 0.05) is 46.2 Å². The first-order valence-corrected chi connectivity index (χ1v) is 13.4. The highest BCUT2D eigenvalue weighted by atomic mass is 35.5. The zero-order valence-corrected chi connectivity index (χ0v) is 23.4. The van der Waals surface area contributed by atoms with E-state index < -0.39 is 0 Å². The summed E-state index contributed by atoms with van der Waals surface area (Å²) in [7, 11) is 1.61. The Morgan fingerprint density at radius 1 is 1.02 bits per heavy atom. The maximum atomic E-state index is 12.5. The normalized spacial score (nSPS) is 11.4. The number of halogens is 1. The van der Waals surface area contributed by atoms with Crippen LogP contribution in [0.25, 0.3) is 17.0 Å². The summed E-state index contributed by atoms with van der Waals surface area (Å²) >= 11 is 6.10. The number of nitrogens with zero attached hydrogens (tertiary/aromatic N) is 2. The number of phenolic OH excluding ortho intramolecular Hbond substituents is 1. The molecule has 41 heavy (non-hydrogen) atoms. The first-order chi connectivity index (χ1) is 19.9. The molecule has 4 aromatic carbocycles. The van der Waals surface area contributed by atoms with Crippen molar-refractivity contribution in [2.75, 3.05) is 12.4 Å². The second-order valence-corrected chi connectivity index (χ2v) is 9.99. The van der Waals surface area contributed by atoms with Crippen LogP contribution in [0.5, 0.6) is 11.5 Å². The molecule has 0 aliphatic carbocycles. The number of ether oxygens (including phenoxy) is 1. The highest BCUT2D eigenvalue weighted by Gasteiger charge is 2.07. The molecule has 0 bridgehead atoms. The van der Waals surface area contributed by atoms with E-state index in [2.05, 4.69) is 15.3 Å². The number of ketones is 1. The number of carbonyl (C=O) groups excluding carboxylic acids is 1. The molecule has 0 aliphatic rings. The molecule has 0 fully saturated rings. The van der Waals surface area contributed by atoms with Crippen LogP contribution in [0.3, 0.4) is 0 Å². The second-order valence-electron chi connectivity index (χ2n) is 9.55. The van der Waals surface area contributed by atoms with Crippen LogP contribution < -0.4 is 10.1 Å². The number of aliphatic imine (C=N–C) groups is 1. The van der Waals surface area contributed by atoms with Gasteiger partial charge in [-0.1, -0.05) is 29.8 Å². The molecule has 204 valence electrons. The second kappa shape index (κ2) is 12.5. The van der Waals surface area contributed by atoms with Crippen molar-refractivity contribution >= 4 is 57.6 Å². The molecule has 5 aromatic rings. The standard InChI is InChI=1S/C34H28ClN3O3/c1-22-17-24(3-11-29(39)19-23-4-12-30(41-2)13-5-23)18-25(34(22)40)21-37-27-7-9-28(10-8-27)38-32-15-16-36-33-20-26(35)6-14-31(32)33/h3-18,20-21,40H,19H2,1-2H3,(H,36,38)/b11-3+,37-21?. The summed E-state index contributed by atoms with van der Waals surface area (Å²) < 4.78 is 5.16. The van der Waals surface area contributed by atoms with Gasteiger partial charge in [0.1, 0.15) is 11.5 Å². The van der Waals surface area contributed by atoms with Crippen molar-refractivity contribution in [1.82, 2.24) is 4.98 Å². The number of aryl methyl sites for hydroxylation is 1. The predicted octanol–water partition coefficient (Wildman–Crippen LogP) is 8.23. The van der Waals surface area contributed by atoms with E-state index in [1.165, 1.54) is 0 Å². The Hall–Kier alpha value is -4.94. The lowest BCUT2D eigenvalue weighted by molar-refractivity contribution is -0.113. The molecule has 0 amide bonds. The number of aromatic nitrogens is 1. The summed E-state index contributed by atoms with van der Waals surface area (Å²) in [6.45, 7) is 1.82. The Morgan fingerprint density at radius 2 is 1.80 bits per heavy atom. The minimum absolute atomic E-state index is 0.0200. The molecule has 0 aliphatic heterocycles. The van der Waals surface area contributed by atoms with Gasteiger partial charge in [0.15, 0.2) is 5.78 Å². The molecule has 0 spiro atoms. The van der Waals surface area contributed by atoms with E-state index >= 15 is 0 Å². The van der Waals surface area contributed by atoms with E-state index in [4.69, 9.17) is 16.3 Å². The van der Waals surface area contributed by atoms with Crippen molar-refractivity contribution in [3.8, 4) is 11.5 Å². The summed E-state index contributed by atoms with van der Waals surface area (Å²) in [4.78, 5) is 21.4. The number of carbonyl (C=O) groups is 1. The first-order valence-electron chi connectivity index (χ1n) is 13.0. The topological polar surface area (TPSA) is 83.8 Å². The van der Waals surface area contributed by atoms with Gasteiger partial charge in [-0.2, -0.15) is 0 Å². The van der Waals surface area contributed by atoms with Gasteiger partial charge in [-0.25, -0.2) is 0 Å². The van der Waals surface area contributed by atoms with E-state index in [1.807, 2.05) is 85.8 Å². The first kappa shape index (κ1) is 27.6. The Balaban J connectivity index is 1.27. The Labute approximate surface area is 243 Å². The van der Waals surface area contributed by atoms with Crippen molar-refractivity contribution in [3.05, 3.63) is 124 Å². The highest BCUT2D eigenvalue weighted by molar-refractivity contribution is 6.31. The van der Waals surface area contributed by atoms with Gasteiger partial charge < -0.3 is 15.2 Å². The minimum atomic E-state index is -0.0200. The summed E-state index contributed by atoms with van der Waals surface area (Å²) in [5, 5.41) is 15.6. The van der Waals surface area contributed by atoms with Crippen molar-refractivity contribution in [1.29, 1.82) is 0 Å². The third kappa shape index (κ3) is 6.99. The van der Waals surface area contributed by atoms with Gasteiger partial charge in [-0.05, 0) is 102 Å². The lowest BCUT2D eigenvalue weighted by Gasteiger charge is -2.10. The van der Waals surface area contributed by atoms with Crippen LogP contribution in [0.2, 0.25) is 5.02 Å². The van der Waals surface area contributed by atoms with Crippen molar-refractivity contribution in [3.63, 3.8) is 0 Å². The summed E-state index contributed by atoms with van der Waals surface area (Å²) in [6, 6.07) is 26.3. The predicted molar refractivity (Wildman–Crippen MR) is 167 cm³/mol. The van der Waals surface area contributed by atoms with Crippen LogP contribution in [0.4, 0.5) is 17.1 Å². The van der Waals surface area contributed by atoms with Crippen LogP contribution in [0.1, 0.15) is 22.3 Å². The number of anilines is 2. The number of nitrogens with one attached hydrogen (secondary N) is 1. The SMILES string of the molecule is COc1ccc(CC(=O)/C=C/c2cc(C)c(O)c(C=Nc3ccc(Nc4ccnc5cc(Cl)ccc45)cc3)c2)cc1. The van der Waals surface area contributed by atoms with E-state index in [-0.39, 0.29) is 11.5 Å². The van der Waals surface area contributed by atoms with Gasteiger partial charge in [0.2, 0.25) is 0 Å². The quantitative estimate of drug-likeness (QED) is 0.140. The smallest absolute Gasteiger partial charge is 0.160 e. The van der Waals surface area contributed by atoms with Gasteiger partial charge in [-0.3, -0.25) is 14.8 Å². The molecule has 0 saturated heterocycles. The van der Waals surface area contributed by atoms with Crippen molar-refractivity contribution in [2.24, 2.45) is 4.99 Å². The fourth-order valence-corrected chi connectivity index (χ4v) is 4.55. The molecular formula is C34H28ClN3O3. The van der Waals surface area contributed by atoms with E-state index in [0.29, 0.717) is 22.6 Å². The van der Waals surface area contributed by atoms with E-state index in [0.717, 1.165) is 44.8 Å². The number of allylic oxidation sites excluding steroid dienone is 1. The fourth-order valence-electron chi connectivity index (χ4n) is 4.38. The number of aromatic hydroxyl groups is 1. The average Bonchev–Trinajstić information content (AvgIpc) is 2.98. The molecule has 0 unspecified atom stereocenters. The number of pyridine rings is 1. The highest BCUT2D eigenvalue weighted by Crippen LogP contribution is 2.29. The number of benzene rings is 4. The third-order valence-corrected chi connectivity index (χ3v) is 6.79.